The van der Waals surface area contributed by atoms with Crippen LogP contribution in [0.5, 0.6) is 0 Å². The van der Waals surface area contributed by atoms with Crippen LogP contribution in [0.1, 0.15) is 37.2 Å². The Bertz CT molecular complexity index is 392. The minimum atomic E-state index is 0.0284. The summed E-state index contributed by atoms with van der Waals surface area (Å²) < 4.78 is 5.17. The molecule has 1 saturated heterocycles. The van der Waals surface area contributed by atoms with Gasteiger partial charge in [0.15, 0.2) is 5.76 Å². The fourth-order valence-electron chi connectivity index (χ4n) is 2.49. The van der Waals surface area contributed by atoms with Crippen molar-refractivity contribution < 1.29 is 9.21 Å². The van der Waals surface area contributed by atoms with Crippen molar-refractivity contribution in [1.29, 1.82) is 0 Å². The second-order valence-electron chi connectivity index (χ2n) is 5.75. The smallest absolute Gasteiger partial charge is 0.289 e. The quantitative estimate of drug-likeness (QED) is 0.838. The van der Waals surface area contributed by atoms with Crippen LogP contribution in [0.4, 0.5) is 0 Å². The van der Waals surface area contributed by atoms with Crippen LogP contribution in [0.3, 0.4) is 0 Å². The van der Waals surface area contributed by atoms with E-state index >= 15 is 0 Å². The highest BCUT2D eigenvalue weighted by atomic mass is 16.3. The van der Waals surface area contributed by atoms with Gasteiger partial charge in [-0.1, -0.05) is 0 Å². The zero-order chi connectivity index (χ0) is 13.8. The molecule has 2 rings (SSSR count). The molecule has 1 aromatic heterocycles. The molecule has 0 atom stereocenters. The Kier molecular flexibility index (Phi) is 4.64. The molecule has 0 aromatic carbocycles. The first-order valence-corrected chi connectivity index (χ1v) is 7.11. The third-order valence-electron chi connectivity index (χ3n) is 4.06. The molecule has 1 amide bonds. The van der Waals surface area contributed by atoms with Crippen molar-refractivity contribution in [3.05, 3.63) is 24.2 Å². The van der Waals surface area contributed by atoms with Crippen LogP contribution in [-0.2, 0) is 0 Å². The van der Waals surface area contributed by atoms with E-state index in [1.54, 1.807) is 18.4 Å². The zero-order valence-electron chi connectivity index (χ0n) is 12.1. The van der Waals surface area contributed by atoms with Gasteiger partial charge in [0, 0.05) is 25.7 Å². The summed E-state index contributed by atoms with van der Waals surface area (Å²) in [5.74, 6) is 1.19. The Morgan fingerprint density at radius 2 is 2.16 bits per heavy atom. The molecule has 1 aliphatic heterocycles. The van der Waals surface area contributed by atoms with E-state index < -0.39 is 0 Å². The second kappa shape index (κ2) is 6.24. The summed E-state index contributed by atoms with van der Waals surface area (Å²) in [4.78, 5) is 16.4. The topological polar surface area (TPSA) is 36.7 Å². The third kappa shape index (κ3) is 3.60. The molecule has 1 aliphatic rings. The molecule has 0 aliphatic carbocycles. The Morgan fingerprint density at radius 1 is 1.47 bits per heavy atom. The van der Waals surface area contributed by atoms with Crippen molar-refractivity contribution in [2.75, 3.05) is 26.7 Å². The molecule has 0 unspecified atom stereocenters. The van der Waals surface area contributed by atoms with Gasteiger partial charge in [-0.2, -0.15) is 0 Å². The van der Waals surface area contributed by atoms with Crippen molar-refractivity contribution in [3.8, 4) is 0 Å². The lowest BCUT2D eigenvalue weighted by Crippen LogP contribution is -2.42. The molecule has 4 heteroatoms. The number of amides is 1. The van der Waals surface area contributed by atoms with Crippen LogP contribution in [0, 0.1) is 5.92 Å². The molecule has 1 aromatic rings. The van der Waals surface area contributed by atoms with Gasteiger partial charge >= 0.3 is 0 Å². The molecule has 0 saturated carbocycles. The normalized spacial score (nSPS) is 17.4. The summed E-state index contributed by atoms with van der Waals surface area (Å²) in [5, 5.41) is 0. The summed E-state index contributed by atoms with van der Waals surface area (Å²) in [6, 6.07) is 4.08. The van der Waals surface area contributed by atoms with Gasteiger partial charge in [0.1, 0.15) is 0 Å². The van der Waals surface area contributed by atoms with Gasteiger partial charge in [0.25, 0.3) is 5.91 Å². The van der Waals surface area contributed by atoms with Crippen molar-refractivity contribution in [3.63, 3.8) is 0 Å². The Morgan fingerprint density at radius 3 is 2.68 bits per heavy atom. The van der Waals surface area contributed by atoms with E-state index in [1.807, 2.05) is 4.90 Å². The first kappa shape index (κ1) is 14.1. The maximum Gasteiger partial charge on any atom is 0.289 e. The number of carbonyl (C=O) groups excluding carboxylic acids is 1. The number of hydrogen-bond donors (Lipinski definition) is 0. The zero-order valence-corrected chi connectivity index (χ0v) is 12.1. The minimum Gasteiger partial charge on any atom is -0.459 e. The van der Waals surface area contributed by atoms with E-state index in [4.69, 9.17) is 4.42 Å². The van der Waals surface area contributed by atoms with E-state index in [9.17, 15) is 4.79 Å². The highest BCUT2D eigenvalue weighted by Crippen LogP contribution is 2.20. The number of piperidine rings is 1. The summed E-state index contributed by atoms with van der Waals surface area (Å²) in [6.45, 7) is 7.25. The second-order valence-corrected chi connectivity index (χ2v) is 5.75. The van der Waals surface area contributed by atoms with Crippen molar-refractivity contribution in [2.45, 2.75) is 32.7 Å². The summed E-state index contributed by atoms with van der Waals surface area (Å²) in [6.07, 6.45) is 3.73. The molecule has 0 spiro atoms. The van der Waals surface area contributed by atoms with Crippen LogP contribution in [0.15, 0.2) is 22.8 Å². The number of rotatable bonds is 4. The standard InChI is InChI=1S/C15H24N2O2/c1-12(2)16(3)11-13-6-8-17(9-7-13)15(18)14-5-4-10-19-14/h4-5,10,12-13H,6-9,11H2,1-3H3. The van der Waals surface area contributed by atoms with E-state index in [2.05, 4.69) is 25.8 Å². The maximum atomic E-state index is 12.1. The first-order valence-electron chi connectivity index (χ1n) is 7.11. The molecule has 2 heterocycles. The van der Waals surface area contributed by atoms with Gasteiger partial charge in [0.2, 0.25) is 0 Å². The van der Waals surface area contributed by atoms with Gasteiger partial charge in [-0.15, -0.1) is 0 Å². The lowest BCUT2D eigenvalue weighted by atomic mass is 9.95. The lowest BCUT2D eigenvalue weighted by molar-refractivity contribution is 0.0635. The summed E-state index contributed by atoms with van der Waals surface area (Å²) in [5.41, 5.74) is 0. The molecule has 0 N–H and O–H groups in total. The summed E-state index contributed by atoms with van der Waals surface area (Å²) in [7, 11) is 2.17. The van der Waals surface area contributed by atoms with Crippen LogP contribution in [-0.4, -0.2) is 48.4 Å². The lowest BCUT2D eigenvalue weighted by Gasteiger charge is -2.34. The Labute approximate surface area is 115 Å². The van der Waals surface area contributed by atoms with Crippen molar-refractivity contribution in [1.82, 2.24) is 9.80 Å². The van der Waals surface area contributed by atoms with Gasteiger partial charge in [-0.05, 0) is 51.8 Å². The maximum absolute atomic E-state index is 12.1. The Balaban J connectivity index is 1.81. The molecule has 0 bridgehead atoms. The van der Waals surface area contributed by atoms with Crippen molar-refractivity contribution >= 4 is 5.91 Å². The number of hydrogen-bond acceptors (Lipinski definition) is 3. The number of likely N-dealkylation sites (tertiary alicyclic amines) is 1. The first-order chi connectivity index (χ1) is 9.08. The number of furan rings is 1. The molecule has 4 nitrogen and oxygen atoms in total. The molecular weight excluding hydrogens is 240 g/mol. The van der Waals surface area contributed by atoms with Gasteiger partial charge in [-0.25, -0.2) is 0 Å². The average Bonchev–Trinajstić information content (AvgIpc) is 2.92. The summed E-state index contributed by atoms with van der Waals surface area (Å²) >= 11 is 0. The van der Waals surface area contributed by atoms with Crippen LogP contribution >= 0.6 is 0 Å². The molecular formula is C15H24N2O2. The number of carbonyl (C=O) groups is 1. The largest absolute Gasteiger partial charge is 0.459 e. The van der Waals surface area contributed by atoms with Crippen LogP contribution < -0.4 is 0 Å². The molecule has 1 fully saturated rings. The van der Waals surface area contributed by atoms with Gasteiger partial charge < -0.3 is 14.2 Å². The molecule has 106 valence electrons. The fourth-order valence-corrected chi connectivity index (χ4v) is 2.49. The fraction of sp³-hybridized carbons (Fsp3) is 0.667. The van der Waals surface area contributed by atoms with E-state index in [1.165, 1.54) is 0 Å². The monoisotopic (exact) mass is 264 g/mol. The van der Waals surface area contributed by atoms with E-state index in [-0.39, 0.29) is 5.91 Å². The highest BCUT2D eigenvalue weighted by molar-refractivity contribution is 5.91. The van der Waals surface area contributed by atoms with E-state index in [0.717, 1.165) is 32.5 Å². The highest BCUT2D eigenvalue weighted by Gasteiger charge is 2.25. The average molecular weight is 264 g/mol. The van der Waals surface area contributed by atoms with Crippen LogP contribution in [0.25, 0.3) is 0 Å². The minimum absolute atomic E-state index is 0.0284. The predicted octanol–water partition coefficient (Wildman–Crippen LogP) is 2.47. The molecule has 0 radical (unpaired) electrons. The third-order valence-corrected chi connectivity index (χ3v) is 4.06. The van der Waals surface area contributed by atoms with Crippen molar-refractivity contribution in [2.24, 2.45) is 5.92 Å². The van der Waals surface area contributed by atoms with Gasteiger partial charge in [-0.3, -0.25) is 4.79 Å². The van der Waals surface area contributed by atoms with Gasteiger partial charge in [0.05, 0.1) is 6.26 Å². The predicted molar refractivity (Wildman–Crippen MR) is 75.1 cm³/mol. The number of nitrogens with zero attached hydrogens (tertiary/aromatic N) is 2. The Hall–Kier alpha value is -1.29. The van der Waals surface area contributed by atoms with E-state index in [0.29, 0.717) is 17.7 Å². The van der Waals surface area contributed by atoms with Crippen LogP contribution in [0.2, 0.25) is 0 Å². The molecule has 19 heavy (non-hydrogen) atoms. The SMILES string of the molecule is CC(C)N(C)CC1CCN(C(=O)c2ccco2)CC1.